The first-order valence-corrected chi connectivity index (χ1v) is 7.75. The molecule has 0 saturated heterocycles. The molecule has 0 fully saturated rings. The van der Waals surface area contributed by atoms with Crippen LogP contribution in [0.1, 0.15) is 49.2 Å². The van der Waals surface area contributed by atoms with E-state index < -0.39 is 0 Å². The van der Waals surface area contributed by atoms with E-state index >= 15 is 0 Å². The van der Waals surface area contributed by atoms with Gasteiger partial charge in [-0.05, 0) is 13.3 Å². The lowest BCUT2D eigenvalue weighted by atomic mass is 10.1. The highest BCUT2D eigenvalue weighted by Crippen LogP contribution is 2.30. The molecule has 0 bridgehead atoms. The van der Waals surface area contributed by atoms with Crippen LogP contribution in [-0.2, 0) is 0 Å². The summed E-state index contributed by atoms with van der Waals surface area (Å²) in [6.45, 7) is 4.19. The van der Waals surface area contributed by atoms with Crippen molar-refractivity contribution in [3.8, 4) is 0 Å². The fourth-order valence-electron chi connectivity index (χ4n) is 2.07. The summed E-state index contributed by atoms with van der Waals surface area (Å²) in [5, 5.41) is 2.99. The average molecular weight is 292 g/mol. The van der Waals surface area contributed by atoms with Gasteiger partial charge in [-0.25, -0.2) is 9.97 Å². The molecule has 0 spiro atoms. The molecule has 2 heterocycles. The number of unbranched alkanes of at least 4 members (excludes halogenated alkanes) is 2. The third-order valence-electron chi connectivity index (χ3n) is 3.19. The molecule has 0 saturated carbocycles. The number of thiophene rings is 1. The summed E-state index contributed by atoms with van der Waals surface area (Å²) in [4.78, 5) is 21.8. The fourth-order valence-corrected chi connectivity index (χ4v) is 3.00. The Morgan fingerprint density at radius 1 is 1.40 bits per heavy atom. The third kappa shape index (κ3) is 3.25. The Kier molecular flexibility index (Phi) is 4.89. The predicted octanol–water partition coefficient (Wildman–Crippen LogP) is 2.97. The molecule has 6 heteroatoms. The summed E-state index contributed by atoms with van der Waals surface area (Å²) in [5.41, 5.74) is 7.02. The van der Waals surface area contributed by atoms with Crippen molar-refractivity contribution in [2.24, 2.45) is 0 Å². The zero-order valence-corrected chi connectivity index (χ0v) is 12.7. The van der Waals surface area contributed by atoms with Gasteiger partial charge in [-0.15, -0.1) is 11.3 Å². The van der Waals surface area contributed by atoms with Crippen molar-refractivity contribution >= 4 is 33.3 Å². The molecule has 0 aliphatic rings. The first-order chi connectivity index (χ1) is 9.63. The summed E-state index contributed by atoms with van der Waals surface area (Å²) >= 11 is 1.29. The first kappa shape index (κ1) is 14.7. The zero-order valence-electron chi connectivity index (χ0n) is 11.8. The molecule has 2 aromatic rings. The number of carbonyl (C=O) groups is 1. The van der Waals surface area contributed by atoms with E-state index in [1.807, 2.05) is 6.92 Å². The summed E-state index contributed by atoms with van der Waals surface area (Å²) in [7, 11) is 0. The number of nitrogen functional groups attached to an aromatic ring is 1. The van der Waals surface area contributed by atoms with Gasteiger partial charge in [0, 0.05) is 18.4 Å². The van der Waals surface area contributed by atoms with E-state index in [1.54, 1.807) is 12.4 Å². The second-order valence-corrected chi connectivity index (χ2v) is 5.92. The summed E-state index contributed by atoms with van der Waals surface area (Å²) < 4.78 is 0. The first-order valence-electron chi connectivity index (χ1n) is 6.93. The van der Waals surface area contributed by atoms with Gasteiger partial charge < -0.3 is 11.1 Å². The normalized spacial score (nSPS) is 12.5. The van der Waals surface area contributed by atoms with E-state index in [9.17, 15) is 4.79 Å². The van der Waals surface area contributed by atoms with Crippen LogP contribution in [0.3, 0.4) is 0 Å². The molecule has 20 heavy (non-hydrogen) atoms. The lowest BCUT2D eigenvalue weighted by Gasteiger charge is -2.13. The Hall–Kier alpha value is -1.69. The van der Waals surface area contributed by atoms with Gasteiger partial charge in [-0.3, -0.25) is 4.79 Å². The van der Waals surface area contributed by atoms with Crippen molar-refractivity contribution in [2.75, 3.05) is 5.73 Å². The van der Waals surface area contributed by atoms with Crippen LogP contribution in [0.5, 0.6) is 0 Å². The van der Waals surface area contributed by atoms with Gasteiger partial charge >= 0.3 is 0 Å². The molecule has 5 nitrogen and oxygen atoms in total. The maximum atomic E-state index is 12.2. The Morgan fingerprint density at radius 3 is 2.85 bits per heavy atom. The maximum absolute atomic E-state index is 12.2. The van der Waals surface area contributed by atoms with Crippen LogP contribution in [0.4, 0.5) is 5.69 Å². The molecule has 1 unspecified atom stereocenters. The molecular weight excluding hydrogens is 272 g/mol. The lowest BCUT2D eigenvalue weighted by Crippen LogP contribution is -2.32. The van der Waals surface area contributed by atoms with Crippen LogP contribution < -0.4 is 11.1 Å². The zero-order chi connectivity index (χ0) is 14.5. The molecule has 0 aliphatic heterocycles. The van der Waals surface area contributed by atoms with Crippen molar-refractivity contribution in [2.45, 2.75) is 45.6 Å². The summed E-state index contributed by atoms with van der Waals surface area (Å²) in [6, 6.07) is 0.152. The van der Waals surface area contributed by atoms with Gasteiger partial charge in [0.1, 0.15) is 15.2 Å². The summed E-state index contributed by atoms with van der Waals surface area (Å²) in [5.74, 6) is -0.128. The molecule has 2 rings (SSSR count). The van der Waals surface area contributed by atoms with Crippen molar-refractivity contribution in [3.63, 3.8) is 0 Å². The van der Waals surface area contributed by atoms with E-state index in [0.717, 1.165) is 12.8 Å². The molecule has 1 amide bonds. The quantitative estimate of drug-likeness (QED) is 0.802. The summed E-state index contributed by atoms with van der Waals surface area (Å²) in [6.07, 6.45) is 7.68. The van der Waals surface area contributed by atoms with E-state index in [2.05, 4.69) is 22.2 Å². The predicted molar refractivity (Wildman–Crippen MR) is 82.9 cm³/mol. The van der Waals surface area contributed by atoms with Gasteiger partial charge in [0.15, 0.2) is 0 Å². The van der Waals surface area contributed by atoms with Crippen molar-refractivity contribution in [1.29, 1.82) is 0 Å². The Balaban J connectivity index is 2.06. The molecular formula is C14H20N4OS. The minimum Gasteiger partial charge on any atom is -0.396 e. The Morgan fingerprint density at radius 2 is 2.15 bits per heavy atom. The van der Waals surface area contributed by atoms with Crippen LogP contribution >= 0.6 is 11.3 Å². The SMILES string of the molecule is CCCCCC(C)NC(=O)c1sc2nccnc2c1N. The topological polar surface area (TPSA) is 80.9 Å². The number of hydrogen-bond acceptors (Lipinski definition) is 5. The second kappa shape index (κ2) is 6.65. The number of carbonyl (C=O) groups excluding carboxylic acids is 1. The van der Waals surface area contributed by atoms with E-state index in [4.69, 9.17) is 5.73 Å². The third-order valence-corrected chi connectivity index (χ3v) is 4.29. The molecule has 3 N–H and O–H groups in total. The molecule has 108 valence electrons. The van der Waals surface area contributed by atoms with E-state index in [0.29, 0.717) is 20.9 Å². The number of hydrogen-bond donors (Lipinski definition) is 2. The molecule has 2 aromatic heterocycles. The fraction of sp³-hybridized carbons (Fsp3) is 0.500. The van der Waals surface area contributed by atoms with Crippen LogP contribution in [0, 0.1) is 0 Å². The number of aromatic nitrogens is 2. The standard InChI is InChI=1S/C14H20N4OS/c1-3-4-5-6-9(2)18-13(19)12-10(15)11-14(20-12)17-8-7-16-11/h7-9H,3-6,15H2,1-2H3,(H,18,19). The largest absolute Gasteiger partial charge is 0.396 e. The minimum absolute atomic E-state index is 0.128. The van der Waals surface area contributed by atoms with Gasteiger partial charge in [-0.2, -0.15) is 0 Å². The highest BCUT2D eigenvalue weighted by Gasteiger charge is 2.19. The van der Waals surface area contributed by atoms with E-state index in [1.165, 1.54) is 24.2 Å². The van der Waals surface area contributed by atoms with Crippen LogP contribution in [-0.4, -0.2) is 21.9 Å². The van der Waals surface area contributed by atoms with Crippen molar-refractivity contribution < 1.29 is 4.79 Å². The maximum Gasteiger partial charge on any atom is 0.263 e. The van der Waals surface area contributed by atoms with Gasteiger partial charge in [0.25, 0.3) is 5.91 Å². The highest BCUT2D eigenvalue weighted by atomic mass is 32.1. The molecule has 0 aromatic carbocycles. The number of nitrogens with one attached hydrogen (secondary N) is 1. The van der Waals surface area contributed by atoms with Gasteiger partial charge in [-0.1, -0.05) is 26.2 Å². The van der Waals surface area contributed by atoms with Crippen LogP contribution in [0.25, 0.3) is 10.3 Å². The Bertz CT molecular complexity index is 596. The number of nitrogens with two attached hydrogens (primary N) is 1. The van der Waals surface area contributed by atoms with Crippen molar-refractivity contribution in [1.82, 2.24) is 15.3 Å². The number of fused-ring (bicyclic) bond motifs is 1. The van der Waals surface area contributed by atoms with Crippen LogP contribution in [0.15, 0.2) is 12.4 Å². The van der Waals surface area contributed by atoms with Crippen molar-refractivity contribution in [3.05, 3.63) is 17.3 Å². The highest BCUT2D eigenvalue weighted by molar-refractivity contribution is 7.21. The number of anilines is 1. The minimum atomic E-state index is -0.128. The molecule has 0 aliphatic carbocycles. The Labute approximate surface area is 122 Å². The number of rotatable bonds is 6. The smallest absolute Gasteiger partial charge is 0.263 e. The number of amides is 1. The molecule has 1 atom stereocenters. The lowest BCUT2D eigenvalue weighted by molar-refractivity contribution is 0.0943. The monoisotopic (exact) mass is 292 g/mol. The molecule has 0 radical (unpaired) electrons. The van der Waals surface area contributed by atoms with Gasteiger partial charge in [0.05, 0.1) is 5.69 Å². The van der Waals surface area contributed by atoms with E-state index in [-0.39, 0.29) is 11.9 Å². The van der Waals surface area contributed by atoms with Gasteiger partial charge in [0.2, 0.25) is 0 Å². The second-order valence-electron chi connectivity index (χ2n) is 4.93. The average Bonchev–Trinajstić information content (AvgIpc) is 2.77. The number of nitrogens with zero attached hydrogens (tertiary/aromatic N) is 2. The van der Waals surface area contributed by atoms with Crippen LogP contribution in [0.2, 0.25) is 0 Å².